The standard InChI is InChI=1S/C15H21N3O4S3/c19-13(5-8-18-9-11-24-15(18)20)17-6-3-12(4-7-17)16-25(21,22)14-2-1-10-23-14/h1-2,10,12,16H,3-9,11H2. The lowest BCUT2D eigenvalue weighted by Crippen LogP contribution is -2.46. The van der Waals surface area contributed by atoms with E-state index in [4.69, 9.17) is 0 Å². The minimum absolute atomic E-state index is 0.0317. The normalized spacial score (nSPS) is 19.6. The van der Waals surface area contributed by atoms with Crippen LogP contribution in [0.1, 0.15) is 19.3 Å². The van der Waals surface area contributed by atoms with Crippen molar-refractivity contribution in [3.63, 3.8) is 0 Å². The SMILES string of the molecule is O=C(CCN1CCSC1=O)N1CCC(NS(=O)(=O)c2cccs2)CC1. The van der Waals surface area contributed by atoms with Crippen LogP contribution in [0.25, 0.3) is 0 Å². The molecular formula is C15H21N3O4S3. The number of nitrogens with one attached hydrogen (secondary N) is 1. The summed E-state index contributed by atoms with van der Waals surface area (Å²) < 4.78 is 27.5. The molecule has 3 heterocycles. The van der Waals surface area contributed by atoms with E-state index in [2.05, 4.69) is 4.72 Å². The van der Waals surface area contributed by atoms with Gasteiger partial charge in [0.25, 0.3) is 5.24 Å². The number of thiophene rings is 1. The number of hydrogen-bond donors (Lipinski definition) is 1. The maximum absolute atomic E-state index is 12.3. The van der Waals surface area contributed by atoms with Crippen LogP contribution in [0.2, 0.25) is 0 Å². The second-order valence-electron chi connectivity index (χ2n) is 6.06. The number of rotatable bonds is 6. The zero-order valence-corrected chi connectivity index (χ0v) is 16.2. The quantitative estimate of drug-likeness (QED) is 0.779. The van der Waals surface area contributed by atoms with E-state index in [-0.39, 0.29) is 17.2 Å². The van der Waals surface area contributed by atoms with Crippen molar-refractivity contribution in [3.05, 3.63) is 17.5 Å². The first-order valence-corrected chi connectivity index (χ1v) is 11.6. The first-order chi connectivity index (χ1) is 12.0. The van der Waals surface area contributed by atoms with Gasteiger partial charge in [-0.05, 0) is 24.3 Å². The Morgan fingerprint density at radius 2 is 2.04 bits per heavy atom. The molecule has 1 N–H and O–H groups in total. The monoisotopic (exact) mass is 403 g/mol. The van der Waals surface area contributed by atoms with E-state index in [0.717, 1.165) is 5.75 Å². The predicted molar refractivity (Wildman–Crippen MR) is 98.3 cm³/mol. The zero-order chi connectivity index (χ0) is 17.9. The fraction of sp³-hybridized carbons (Fsp3) is 0.600. The Hall–Kier alpha value is -1.10. The summed E-state index contributed by atoms with van der Waals surface area (Å²) in [5.74, 6) is 0.826. The highest BCUT2D eigenvalue weighted by atomic mass is 32.2. The molecule has 2 aliphatic heterocycles. The highest BCUT2D eigenvalue weighted by Gasteiger charge is 2.28. The Kier molecular flexibility index (Phi) is 6.03. The molecular weight excluding hydrogens is 382 g/mol. The minimum Gasteiger partial charge on any atom is -0.343 e. The highest BCUT2D eigenvalue weighted by molar-refractivity contribution is 8.13. The molecule has 1 aromatic heterocycles. The molecule has 7 nitrogen and oxygen atoms in total. The molecule has 138 valence electrons. The number of hydrogen-bond acceptors (Lipinski definition) is 6. The summed E-state index contributed by atoms with van der Waals surface area (Å²) in [4.78, 5) is 27.3. The largest absolute Gasteiger partial charge is 0.343 e. The maximum Gasteiger partial charge on any atom is 0.281 e. The number of amides is 2. The van der Waals surface area contributed by atoms with Gasteiger partial charge in [-0.25, -0.2) is 13.1 Å². The molecule has 0 unspecified atom stereocenters. The summed E-state index contributed by atoms with van der Waals surface area (Å²) >= 11 is 2.49. The number of sulfonamides is 1. The van der Waals surface area contributed by atoms with E-state index in [9.17, 15) is 18.0 Å². The van der Waals surface area contributed by atoms with Crippen LogP contribution in [-0.2, 0) is 14.8 Å². The number of nitrogens with zero attached hydrogens (tertiary/aromatic N) is 2. The van der Waals surface area contributed by atoms with Gasteiger partial charge in [0.05, 0.1) is 0 Å². The maximum atomic E-state index is 12.3. The van der Waals surface area contributed by atoms with Gasteiger partial charge >= 0.3 is 0 Å². The van der Waals surface area contributed by atoms with Gasteiger partial charge in [0.15, 0.2) is 0 Å². The molecule has 25 heavy (non-hydrogen) atoms. The summed E-state index contributed by atoms with van der Waals surface area (Å²) in [6.07, 6.45) is 1.54. The first kappa shape index (κ1) is 18.7. The van der Waals surface area contributed by atoms with E-state index in [1.54, 1.807) is 27.3 Å². The van der Waals surface area contributed by atoms with Crippen molar-refractivity contribution >= 4 is 44.3 Å². The molecule has 2 fully saturated rings. The van der Waals surface area contributed by atoms with Gasteiger partial charge < -0.3 is 9.80 Å². The molecule has 2 saturated heterocycles. The first-order valence-electron chi connectivity index (χ1n) is 8.21. The molecule has 0 spiro atoms. The van der Waals surface area contributed by atoms with Gasteiger partial charge in [-0.3, -0.25) is 9.59 Å². The predicted octanol–water partition coefficient (Wildman–Crippen LogP) is 1.58. The van der Waals surface area contributed by atoms with Crippen LogP contribution in [0.3, 0.4) is 0 Å². The van der Waals surface area contributed by atoms with Gasteiger partial charge in [-0.2, -0.15) is 0 Å². The van der Waals surface area contributed by atoms with Crippen LogP contribution in [0.4, 0.5) is 4.79 Å². The van der Waals surface area contributed by atoms with Gasteiger partial charge in [-0.15, -0.1) is 11.3 Å². The number of thioether (sulfide) groups is 1. The summed E-state index contributed by atoms with van der Waals surface area (Å²) in [6, 6.07) is 3.15. The van der Waals surface area contributed by atoms with Crippen LogP contribution in [0.5, 0.6) is 0 Å². The van der Waals surface area contributed by atoms with Gasteiger partial charge in [-0.1, -0.05) is 17.8 Å². The Balaban J connectivity index is 1.43. The third kappa shape index (κ3) is 4.75. The molecule has 3 rings (SSSR count). The summed E-state index contributed by atoms with van der Waals surface area (Å²) in [7, 11) is -3.46. The third-order valence-corrected chi connectivity index (χ3v) is 8.18. The molecule has 0 atom stereocenters. The van der Waals surface area contributed by atoms with E-state index in [1.807, 2.05) is 0 Å². The molecule has 1 aromatic rings. The van der Waals surface area contributed by atoms with E-state index in [0.29, 0.717) is 49.7 Å². The van der Waals surface area contributed by atoms with Crippen LogP contribution < -0.4 is 4.72 Å². The summed E-state index contributed by atoms with van der Waals surface area (Å²) in [6.45, 7) is 2.26. The second-order valence-corrected chi connectivity index (χ2v) is 9.99. The third-order valence-electron chi connectivity index (χ3n) is 4.37. The molecule has 0 saturated carbocycles. The summed E-state index contributed by atoms with van der Waals surface area (Å²) in [5, 5.41) is 1.79. The lowest BCUT2D eigenvalue weighted by Gasteiger charge is -2.32. The Morgan fingerprint density at radius 3 is 2.64 bits per heavy atom. The number of likely N-dealkylation sites (tertiary alicyclic amines) is 1. The van der Waals surface area contributed by atoms with E-state index >= 15 is 0 Å². The molecule has 0 radical (unpaired) electrons. The van der Waals surface area contributed by atoms with Crippen LogP contribution in [0, 0.1) is 0 Å². The number of carbonyl (C=O) groups excluding carboxylic acids is 2. The number of carbonyl (C=O) groups is 2. The van der Waals surface area contributed by atoms with Crippen molar-refractivity contribution in [3.8, 4) is 0 Å². The van der Waals surface area contributed by atoms with Gasteiger partial charge in [0, 0.05) is 44.4 Å². The van der Waals surface area contributed by atoms with E-state index in [1.165, 1.54) is 23.1 Å². The Labute approximate surface area is 155 Å². The van der Waals surface area contributed by atoms with Gasteiger partial charge in [0.1, 0.15) is 4.21 Å². The van der Waals surface area contributed by atoms with Crippen molar-refractivity contribution in [1.82, 2.24) is 14.5 Å². The van der Waals surface area contributed by atoms with E-state index < -0.39 is 10.0 Å². The average molecular weight is 404 g/mol. The molecule has 2 amide bonds. The van der Waals surface area contributed by atoms with Crippen molar-refractivity contribution in [2.45, 2.75) is 29.5 Å². The number of piperidine rings is 1. The zero-order valence-electron chi connectivity index (χ0n) is 13.7. The molecule has 0 aromatic carbocycles. The fourth-order valence-electron chi connectivity index (χ4n) is 2.96. The smallest absolute Gasteiger partial charge is 0.281 e. The fourth-order valence-corrected chi connectivity index (χ4v) is 6.12. The van der Waals surface area contributed by atoms with Crippen LogP contribution in [0.15, 0.2) is 21.7 Å². The average Bonchev–Trinajstić information content (AvgIpc) is 3.25. The molecule has 2 aliphatic rings. The minimum atomic E-state index is -3.46. The lowest BCUT2D eigenvalue weighted by molar-refractivity contribution is -0.132. The van der Waals surface area contributed by atoms with Crippen molar-refractivity contribution in [1.29, 1.82) is 0 Å². The molecule has 0 bridgehead atoms. The highest BCUT2D eigenvalue weighted by Crippen LogP contribution is 2.20. The molecule has 0 aliphatic carbocycles. The van der Waals surface area contributed by atoms with Crippen LogP contribution in [-0.4, -0.2) is 67.3 Å². The second kappa shape index (κ2) is 8.07. The lowest BCUT2D eigenvalue weighted by atomic mass is 10.1. The van der Waals surface area contributed by atoms with Crippen molar-refractivity contribution in [2.75, 3.05) is 31.9 Å². The Bertz CT molecular complexity index is 712. The topological polar surface area (TPSA) is 86.8 Å². The Morgan fingerprint density at radius 1 is 1.28 bits per heavy atom. The van der Waals surface area contributed by atoms with Crippen molar-refractivity contribution < 1.29 is 18.0 Å². The van der Waals surface area contributed by atoms with Gasteiger partial charge in [0.2, 0.25) is 15.9 Å². The summed E-state index contributed by atoms with van der Waals surface area (Å²) in [5.41, 5.74) is 0. The van der Waals surface area contributed by atoms with Crippen molar-refractivity contribution in [2.24, 2.45) is 0 Å². The van der Waals surface area contributed by atoms with Crippen LogP contribution >= 0.6 is 23.1 Å². The molecule has 10 heteroatoms.